The van der Waals surface area contributed by atoms with Crippen LogP contribution in [0.25, 0.3) is 0 Å². The van der Waals surface area contributed by atoms with Gasteiger partial charge in [-0.25, -0.2) is 4.79 Å². The summed E-state index contributed by atoms with van der Waals surface area (Å²) in [5, 5.41) is 2.91. The van der Waals surface area contributed by atoms with E-state index in [9.17, 15) is 9.59 Å². The molecule has 0 aliphatic carbocycles. The summed E-state index contributed by atoms with van der Waals surface area (Å²) >= 11 is 0. The van der Waals surface area contributed by atoms with E-state index in [4.69, 9.17) is 9.47 Å². The Labute approximate surface area is 171 Å². The Bertz CT molecular complexity index is 844. The predicted molar refractivity (Wildman–Crippen MR) is 112 cm³/mol. The first-order valence-electron chi connectivity index (χ1n) is 10.0. The third-order valence-electron chi connectivity index (χ3n) is 5.16. The van der Waals surface area contributed by atoms with Crippen molar-refractivity contribution in [2.45, 2.75) is 26.3 Å². The Morgan fingerprint density at radius 1 is 1.10 bits per heavy atom. The first-order chi connectivity index (χ1) is 14.1. The Morgan fingerprint density at radius 2 is 1.86 bits per heavy atom. The number of amides is 1. The van der Waals surface area contributed by atoms with Crippen molar-refractivity contribution < 1.29 is 19.1 Å². The standard InChI is InChI=1S/C23H28N2O4/c1-3-29-19-8-6-7-17(15-19)16-25-13-11-18(12-14-25)22(26)24-21-10-5-4-9-20(21)23(27)28-2/h4-10,15,18H,3,11-14,16H2,1-2H3,(H,24,26). The van der Waals surface area contributed by atoms with E-state index in [2.05, 4.69) is 22.3 Å². The molecule has 2 aromatic carbocycles. The number of carbonyl (C=O) groups excluding carboxylic acids is 2. The molecule has 0 aromatic heterocycles. The molecule has 6 nitrogen and oxygen atoms in total. The summed E-state index contributed by atoms with van der Waals surface area (Å²) in [6.07, 6.45) is 1.58. The van der Waals surface area contributed by atoms with Crippen LogP contribution in [0.4, 0.5) is 5.69 Å². The maximum Gasteiger partial charge on any atom is 0.339 e. The summed E-state index contributed by atoms with van der Waals surface area (Å²) in [7, 11) is 1.33. The summed E-state index contributed by atoms with van der Waals surface area (Å²) in [5.74, 6) is 0.333. The Kier molecular flexibility index (Phi) is 7.25. The van der Waals surface area contributed by atoms with Crippen LogP contribution in [0, 0.1) is 5.92 Å². The van der Waals surface area contributed by atoms with Gasteiger partial charge in [-0.1, -0.05) is 24.3 Å². The number of methoxy groups -OCH3 is 1. The zero-order valence-corrected chi connectivity index (χ0v) is 17.0. The third kappa shape index (κ3) is 5.57. The van der Waals surface area contributed by atoms with E-state index >= 15 is 0 Å². The fourth-order valence-corrected chi connectivity index (χ4v) is 3.63. The van der Waals surface area contributed by atoms with E-state index in [0.717, 1.165) is 38.2 Å². The van der Waals surface area contributed by atoms with Gasteiger partial charge in [0.25, 0.3) is 0 Å². The van der Waals surface area contributed by atoms with Crippen molar-refractivity contribution in [1.82, 2.24) is 4.90 Å². The molecule has 1 aliphatic heterocycles. The second kappa shape index (κ2) is 10.1. The normalized spacial score (nSPS) is 15.0. The number of esters is 1. The summed E-state index contributed by atoms with van der Waals surface area (Å²) in [6.45, 7) is 5.20. The lowest BCUT2D eigenvalue weighted by Crippen LogP contribution is -2.37. The van der Waals surface area contributed by atoms with Crippen molar-refractivity contribution in [1.29, 1.82) is 0 Å². The van der Waals surface area contributed by atoms with E-state index in [1.807, 2.05) is 19.1 Å². The lowest BCUT2D eigenvalue weighted by Gasteiger charge is -2.31. The van der Waals surface area contributed by atoms with E-state index in [1.165, 1.54) is 12.7 Å². The van der Waals surface area contributed by atoms with Crippen molar-refractivity contribution >= 4 is 17.6 Å². The number of para-hydroxylation sites is 1. The van der Waals surface area contributed by atoms with Crippen LogP contribution in [0.2, 0.25) is 0 Å². The highest BCUT2D eigenvalue weighted by Crippen LogP contribution is 2.23. The Balaban J connectivity index is 1.54. The van der Waals surface area contributed by atoms with Crippen LogP contribution < -0.4 is 10.1 Å². The zero-order valence-electron chi connectivity index (χ0n) is 17.0. The molecule has 3 rings (SSSR count). The van der Waals surface area contributed by atoms with Gasteiger partial charge in [0, 0.05) is 12.5 Å². The van der Waals surface area contributed by atoms with Gasteiger partial charge in [-0.15, -0.1) is 0 Å². The molecule has 29 heavy (non-hydrogen) atoms. The maximum absolute atomic E-state index is 12.7. The molecule has 1 amide bonds. The zero-order chi connectivity index (χ0) is 20.6. The van der Waals surface area contributed by atoms with E-state index in [1.54, 1.807) is 24.3 Å². The molecule has 154 valence electrons. The summed E-state index contributed by atoms with van der Waals surface area (Å²) in [6, 6.07) is 15.1. The van der Waals surface area contributed by atoms with Crippen molar-refractivity contribution in [3.63, 3.8) is 0 Å². The number of piperidine rings is 1. The first kappa shape index (κ1) is 20.9. The molecule has 0 unspecified atom stereocenters. The van der Waals surface area contributed by atoms with Crippen LogP contribution in [-0.4, -0.2) is 43.6 Å². The Hall–Kier alpha value is -2.86. The summed E-state index contributed by atoms with van der Waals surface area (Å²) < 4.78 is 10.4. The average molecular weight is 396 g/mol. The molecule has 0 saturated carbocycles. The van der Waals surface area contributed by atoms with Crippen LogP contribution in [0.1, 0.15) is 35.7 Å². The topological polar surface area (TPSA) is 67.9 Å². The minimum Gasteiger partial charge on any atom is -0.494 e. The van der Waals surface area contributed by atoms with Gasteiger partial charge < -0.3 is 14.8 Å². The molecule has 0 radical (unpaired) electrons. The summed E-state index contributed by atoms with van der Waals surface area (Å²) in [5.41, 5.74) is 2.08. The van der Waals surface area contributed by atoms with Gasteiger partial charge in [0.2, 0.25) is 5.91 Å². The minimum atomic E-state index is -0.454. The molecule has 1 saturated heterocycles. The van der Waals surface area contributed by atoms with Gasteiger partial charge >= 0.3 is 5.97 Å². The van der Waals surface area contributed by atoms with Crippen LogP contribution in [0.3, 0.4) is 0 Å². The molecule has 1 heterocycles. The lowest BCUT2D eigenvalue weighted by atomic mass is 9.95. The number of likely N-dealkylation sites (tertiary alicyclic amines) is 1. The van der Waals surface area contributed by atoms with Gasteiger partial charge in [0.15, 0.2) is 0 Å². The number of ether oxygens (including phenoxy) is 2. The molecule has 0 spiro atoms. The number of anilines is 1. The molecular weight excluding hydrogens is 368 g/mol. The number of hydrogen-bond donors (Lipinski definition) is 1. The van der Waals surface area contributed by atoms with Crippen molar-refractivity contribution in [3.8, 4) is 5.75 Å². The largest absolute Gasteiger partial charge is 0.494 e. The number of rotatable bonds is 7. The highest BCUT2D eigenvalue weighted by Gasteiger charge is 2.26. The monoisotopic (exact) mass is 396 g/mol. The molecule has 1 N–H and O–H groups in total. The number of benzene rings is 2. The summed E-state index contributed by atoms with van der Waals surface area (Å²) in [4.78, 5) is 27.0. The SMILES string of the molecule is CCOc1cccc(CN2CCC(C(=O)Nc3ccccc3C(=O)OC)CC2)c1. The third-order valence-corrected chi connectivity index (χ3v) is 5.16. The van der Waals surface area contributed by atoms with Crippen LogP contribution in [0.5, 0.6) is 5.75 Å². The van der Waals surface area contributed by atoms with Gasteiger partial charge in [0.05, 0.1) is 25.0 Å². The molecule has 1 fully saturated rings. The number of nitrogens with one attached hydrogen (secondary N) is 1. The minimum absolute atomic E-state index is 0.0423. The predicted octanol–water partition coefficient (Wildman–Crippen LogP) is 3.72. The second-order valence-electron chi connectivity index (χ2n) is 7.16. The highest BCUT2D eigenvalue weighted by molar-refractivity contribution is 6.01. The number of carbonyl (C=O) groups is 2. The average Bonchev–Trinajstić information content (AvgIpc) is 2.74. The lowest BCUT2D eigenvalue weighted by molar-refractivity contribution is -0.121. The maximum atomic E-state index is 12.7. The smallest absolute Gasteiger partial charge is 0.339 e. The van der Waals surface area contributed by atoms with Crippen LogP contribution >= 0.6 is 0 Å². The quantitative estimate of drug-likeness (QED) is 0.723. The van der Waals surface area contributed by atoms with Crippen molar-refractivity contribution in [3.05, 3.63) is 59.7 Å². The molecule has 2 aromatic rings. The first-order valence-corrected chi connectivity index (χ1v) is 10.0. The second-order valence-corrected chi connectivity index (χ2v) is 7.16. The van der Waals surface area contributed by atoms with E-state index in [-0.39, 0.29) is 11.8 Å². The van der Waals surface area contributed by atoms with E-state index < -0.39 is 5.97 Å². The van der Waals surface area contributed by atoms with Gasteiger partial charge in [-0.3, -0.25) is 9.69 Å². The van der Waals surface area contributed by atoms with Crippen molar-refractivity contribution in [2.75, 3.05) is 32.1 Å². The van der Waals surface area contributed by atoms with Crippen LogP contribution in [0.15, 0.2) is 48.5 Å². The molecule has 1 aliphatic rings. The van der Waals surface area contributed by atoms with Gasteiger partial charge in [0.1, 0.15) is 5.75 Å². The fraction of sp³-hybridized carbons (Fsp3) is 0.391. The molecule has 6 heteroatoms. The highest BCUT2D eigenvalue weighted by atomic mass is 16.5. The van der Waals surface area contributed by atoms with E-state index in [0.29, 0.717) is 17.9 Å². The van der Waals surface area contributed by atoms with Crippen LogP contribution in [-0.2, 0) is 16.1 Å². The number of nitrogens with zero attached hydrogens (tertiary/aromatic N) is 1. The molecular formula is C23H28N2O4. The fourth-order valence-electron chi connectivity index (χ4n) is 3.63. The molecule has 0 atom stereocenters. The molecule has 0 bridgehead atoms. The van der Waals surface area contributed by atoms with Gasteiger partial charge in [-0.2, -0.15) is 0 Å². The van der Waals surface area contributed by atoms with Crippen molar-refractivity contribution in [2.24, 2.45) is 5.92 Å². The Morgan fingerprint density at radius 3 is 2.59 bits per heavy atom. The van der Waals surface area contributed by atoms with Gasteiger partial charge in [-0.05, 0) is 62.7 Å². The number of hydrogen-bond acceptors (Lipinski definition) is 5.